The van der Waals surface area contributed by atoms with Crippen molar-refractivity contribution in [1.82, 2.24) is 0 Å². The largest absolute Gasteiger partial charge is 0.330 e. The average Bonchev–Trinajstić information content (AvgIpc) is 2.38. The second kappa shape index (κ2) is 6.15. The van der Waals surface area contributed by atoms with E-state index in [-0.39, 0.29) is 21.5 Å². The van der Waals surface area contributed by atoms with Crippen molar-refractivity contribution in [2.24, 2.45) is 0 Å². The maximum atomic E-state index is 13.7. The van der Waals surface area contributed by atoms with Gasteiger partial charge in [0.15, 0.2) is 10.9 Å². The molecule has 0 aliphatic rings. The molecule has 2 aromatic carbocycles. The summed E-state index contributed by atoms with van der Waals surface area (Å²) in [6.45, 7) is 1.78. The van der Waals surface area contributed by atoms with Crippen LogP contribution >= 0.6 is 23.8 Å². The predicted octanol–water partition coefficient (Wildman–Crippen LogP) is 4.74. The molecule has 2 rings (SSSR count). The SMILES string of the molecule is Cc1ccc(NC(=S)Nc2cccc(Cl)c2F)c(F)c1. The molecule has 2 N–H and O–H groups in total. The van der Waals surface area contributed by atoms with Gasteiger partial charge in [0, 0.05) is 0 Å². The van der Waals surface area contributed by atoms with Gasteiger partial charge < -0.3 is 10.6 Å². The van der Waals surface area contributed by atoms with E-state index >= 15 is 0 Å². The fourth-order valence-corrected chi connectivity index (χ4v) is 1.99. The van der Waals surface area contributed by atoms with Crippen LogP contribution < -0.4 is 10.6 Å². The highest BCUT2D eigenvalue weighted by molar-refractivity contribution is 7.80. The van der Waals surface area contributed by atoms with Gasteiger partial charge in [-0.25, -0.2) is 8.78 Å². The van der Waals surface area contributed by atoms with Gasteiger partial charge in [0.2, 0.25) is 0 Å². The van der Waals surface area contributed by atoms with E-state index in [2.05, 4.69) is 10.6 Å². The molecule has 0 radical (unpaired) electrons. The predicted molar refractivity (Wildman–Crippen MR) is 82.4 cm³/mol. The summed E-state index contributed by atoms with van der Waals surface area (Å²) in [5, 5.41) is 5.37. The maximum absolute atomic E-state index is 13.7. The summed E-state index contributed by atoms with van der Waals surface area (Å²) in [6.07, 6.45) is 0. The van der Waals surface area contributed by atoms with Crippen molar-refractivity contribution >= 4 is 40.3 Å². The molecule has 0 amide bonds. The number of hydrogen-bond donors (Lipinski definition) is 2. The molecule has 0 saturated heterocycles. The first-order valence-electron chi connectivity index (χ1n) is 5.75. The molecule has 6 heteroatoms. The van der Waals surface area contributed by atoms with Crippen LogP contribution in [0.4, 0.5) is 20.2 Å². The Balaban J connectivity index is 2.11. The van der Waals surface area contributed by atoms with Crippen molar-refractivity contribution in [2.75, 3.05) is 10.6 Å². The fraction of sp³-hybridized carbons (Fsp3) is 0.0714. The van der Waals surface area contributed by atoms with E-state index in [1.54, 1.807) is 25.1 Å². The molecule has 0 spiro atoms. The first-order chi connectivity index (χ1) is 9.47. The van der Waals surface area contributed by atoms with Crippen molar-refractivity contribution in [3.63, 3.8) is 0 Å². The van der Waals surface area contributed by atoms with Crippen molar-refractivity contribution in [3.8, 4) is 0 Å². The van der Waals surface area contributed by atoms with Gasteiger partial charge in [-0.05, 0) is 49.0 Å². The molecule has 0 aliphatic carbocycles. The molecule has 2 nitrogen and oxygen atoms in total. The Hall–Kier alpha value is -1.72. The van der Waals surface area contributed by atoms with Gasteiger partial charge in [-0.2, -0.15) is 0 Å². The monoisotopic (exact) mass is 312 g/mol. The van der Waals surface area contributed by atoms with E-state index in [1.807, 2.05) is 0 Å². The Morgan fingerprint density at radius 1 is 1.10 bits per heavy atom. The number of anilines is 2. The number of aryl methyl sites for hydroxylation is 1. The normalized spacial score (nSPS) is 10.2. The number of nitrogens with one attached hydrogen (secondary N) is 2. The fourth-order valence-electron chi connectivity index (χ4n) is 1.60. The van der Waals surface area contributed by atoms with Crippen molar-refractivity contribution in [1.29, 1.82) is 0 Å². The number of benzene rings is 2. The molecule has 0 bridgehead atoms. The zero-order valence-corrected chi connectivity index (χ0v) is 12.1. The van der Waals surface area contributed by atoms with Crippen LogP contribution in [-0.4, -0.2) is 5.11 Å². The smallest absolute Gasteiger partial charge is 0.175 e. The minimum Gasteiger partial charge on any atom is -0.330 e. The van der Waals surface area contributed by atoms with Crippen LogP contribution in [0.1, 0.15) is 5.56 Å². The van der Waals surface area contributed by atoms with E-state index in [9.17, 15) is 8.78 Å². The lowest BCUT2D eigenvalue weighted by Gasteiger charge is -2.12. The van der Waals surface area contributed by atoms with E-state index in [0.717, 1.165) is 5.56 Å². The Bertz CT molecular complexity index is 662. The molecule has 0 fully saturated rings. The topological polar surface area (TPSA) is 24.1 Å². The lowest BCUT2D eigenvalue weighted by molar-refractivity contribution is 0.631. The summed E-state index contributed by atoms with van der Waals surface area (Å²) >= 11 is 10.7. The van der Waals surface area contributed by atoms with Gasteiger partial charge >= 0.3 is 0 Å². The molecule has 0 unspecified atom stereocenters. The number of thiocarbonyl (C=S) groups is 1. The Morgan fingerprint density at radius 3 is 2.50 bits per heavy atom. The van der Waals surface area contributed by atoms with Gasteiger partial charge in [-0.3, -0.25) is 0 Å². The minimum absolute atomic E-state index is 0.0145. The standard InChI is InChI=1S/C14H11ClF2N2S/c1-8-5-6-11(10(16)7-8)18-14(20)19-12-4-2-3-9(15)13(12)17/h2-7H,1H3,(H2,18,19,20). The van der Waals surface area contributed by atoms with Crippen LogP contribution in [0.2, 0.25) is 5.02 Å². The Labute approximate surface area is 125 Å². The van der Waals surface area contributed by atoms with Crippen LogP contribution in [0.3, 0.4) is 0 Å². The second-order valence-corrected chi connectivity index (χ2v) is 4.98. The third kappa shape index (κ3) is 3.43. The Morgan fingerprint density at radius 2 is 1.80 bits per heavy atom. The molecule has 0 aliphatic heterocycles. The lowest BCUT2D eigenvalue weighted by Crippen LogP contribution is -2.20. The van der Waals surface area contributed by atoms with Crippen molar-refractivity contribution < 1.29 is 8.78 Å². The van der Waals surface area contributed by atoms with E-state index in [1.165, 1.54) is 18.2 Å². The summed E-state index contributed by atoms with van der Waals surface area (Å²) in [5.41, 5.74) is 1.14. The maximum Gasteiger partial charge on any atom is 0.175 e. The van der Waals surface area contributed by atoms with Crippen LogP contribution in [0.25, 0.3) is 0 Å². The van der Waals surface area contributed by atoms with Gasteiger partial charge in [0.05, 0.1) is 16.4 Å². The summed E-state index contributed by atoms with van der Waals surface area (Å²) in [5.74, 6) is -1.04. The highest BCUT2D eigenvalue weighted by Crippen LogP contribution is 2.22. The van der Waals surface area contributed by atoms with E-state index in [4.69, 9.17) is 23.8 Å². The molecule has 104 valence electrons. The van der Waals surface area contributed by atoms with Gasteiger partial charge in [0.25, 0.3) is 0 Å². The zero-order valence-electron chi connectivity index (χ0n) is 10.5. The summed E-state index contributed by atoms with van der Waals surface area (Å²) < 4.78 is 27.3. The molecule has 2 aromatic rings. The van der Waals surface area contributed by atoms with Crippen molar-refractivity contribution in [2.45, 2.75) is 6.92 Å². The zero-order chi connectivity index (χ0) is 14.7. The molecule has 0 aromatic heterocycles. The molecule has 0 saturated carbocycles. The van der Waals surface area contributed by atoms with Gasteiger partial charge in [0.1, 0.15) is 5.82 Å². The first kappa shape index (κ1) is 14.7. The molecule has 0 heterocycles. The number of halogens is 3. The van der Waals surface area contributed by atoms with Crippen LogP contribution in [0.5, 0.6) is 0 Å². The van der Waals surface area contributed by atoms with E-state index < -0.39 is 11.6 Å². The number of hydrogen-bond acceptors (Lipinski definition) is 1. The molecular formula is C14H11ClF2N2S. The average molecular weight is 313 g/mol. The third-order valence-corrected chi connectivity index (χ3v) is 3.07. The summed E-state index contributed by atoms with van der Waals surface area (Å²) in [7, 11) is 0. The molecule has 20 heavy (non-hydrogen) atoms. The molecular weight excluding hydrogens is 302 g/mol. The summed E-state index contributed by atoms with van der Waals surface area (Å²) in [4.78, 5) is 0. The second-order valence-electron chi connectivity index (χ2n) is 4.16. The quantitative estimate of drug-likeness (QED) is 0.784. The minimum atomic E-state index is -0.609. The number of rotatable bonds is 2. The highest BCUT2D eigenvalue weighted by Gasteiger charge is 2.09. The van der Waals surface area contributed by atoms with Crippen LogP contribution in [-0.2, 0) is 0 Å². The first-order valence-corrected chi connectivity index (χ1v) is 6.54. The lowest BCUT2D eigenvalue weighted by atomic mass is 10.2. The molecule has 0 atom stereocenters. The van der Waals surface area contributed by atoms with Gasteiger partial charge in [-0.15, -0.1) is 0 Å². The highest BCUT2D eigenvalue weighted by atomic mass is 35.5. The van der Waals surface area contributed by atoms with Gasteiger partial charge in [-0.1, -0.05) is 23.7 Å². The summed E-state index contributed by atoms with van der Waals surface area (Å²) in [6, 6.07) is 9.19. The Kier molecular flexibility index (Phi) is 4.52. The van der Waals surface area contributed by atoms with Crippen LogP contribution in [0, 0.1) is 18.6 Å². The van der Waals surface area contributed by atoms with Crippen molar-refractivity contribution in [3.05, 3.63) is 58.6 Å². The third-order valence-electron chi connectivity index (χ3n) is 2.57. The van der Waals surface area contributed by atoms with Crippen LogP contribution in [0.15, 0.2) is 36.4 Å². The van der Waals surface area contributed by atoms with E-state index in [0.29, 0.717) is 0 Å².